The van der Waals surface area contributed by atoms with Crippen LogP contribution < -0.4 is 5.32 Å². The van der Waals surface area contributed by atoms with Crippen LogP contribution in [0, 0.1) is 17.8 Å². The van der Waals surface area contributed by atoms with Gasteiger partial charge in [0.25, 0.3) is 0 Å². The molecule has 0 bridgehead atoms. The second-order valence-electron chi connectivity index (χ2n) is 6.21. The quantitative estimate of drug-likeness (QED) is 0.829. The fourth-order valence-corrected chi connectivity index (χ4v) is 2.80. The Morgan fingerprint density at radius 2 is 1.79 bits per heavy atom. The van der Waals surface area contributed by atoms with Crippen LogP contribution >= 0.6 is 0 Å². The van der Waals surface area contributed by atoms with Gasteiger partial charge in [0.2, 0.25) is 11.8 Å². The van der Waals surface area contributed by atoms with E-state index in [2.05, 4.69) is 33.0 Å². The molecule has 0 aromatic carbocycles. The zero-order chi connectivity index (χ0) is 14.6. The Kier molecular flexibility index (Phi) is 5.83. The summed E-state index contributed by atoms with van der Waals surface area (Å²) < 4.78 is 0. The lowest BCUT2D eigenvalue weighted by molar-refractivity contribution is -0.134. The van der Waals surface area contributed by atoms with Gasteiger partial charge in [0.1, 0.15) is 6.04 Å². The third-order valence-electron chi connectivity index (χ3n) is 4.11. The van der Waals surface area contributed by atoms with Gasteiger partial charge in [-0.3, -0.25) is 9.59 Å². The molecule has 4 nitrogen and oxygen atoms in total. The monoisotopic (exact) mass is 268 g/mol. The summed E-state index contributed by atoms with van der Waals surface area (Å²) >= 11 is 0. The summed E-state index contributed by atoms with van der Waals surface area (Å²) in [6, 6.07) is -0.338. The van der Waals surface area contributed by atoms with E-state index in [1.165, 1.54) is 0 Å². The van der Waals surface area contributed by atoms with E-state index in [-0.39, 0.29) is 17.9 Å². The molecule has 1 rings (SSSR count). The van der Waals surface area contributed by atoms with E-state index in [1.54, 1.807) is 0 Å². The SMILES string of the molecule is CCC1NC(=O)CCN(CC(C(C)C)C(C)C)C1=O. The number of carbonyl (C=O) groups is 2. The van der Waals surface area contributed by atoms with Crippen molar-refractivity contribution in [1.82, 2.24) is 10.2 Å². The van der Waals surface area contributed by atoms with Crippen LogP contribution in [0.4, 0.5) is 0 Å². The third kappa shape index (κ3) is 4.22. The van der Waals surface area contributed by atoms with E-state index in [1.807, 2.05) is 11.8 Å². The van der Waals surface area contributed by atoms with E-state index >= 15 is 0 Å². The second kappa shape index (κ2) is 6.92. The van der Waals surface area contributed by atoms with Crippen molar-refractivity contribution in [3.05, 3.63) is 0 Å². The molecule has 110 valence electrons. The Bertz CT molecular complexity index is 318. The maximum atomic E-state index is 12.4. The first kappa shape index (κ1) is 16.0. The largest absolute Gasteiger partial charge is 0.344 e. The van der Waals surface area contributed by atoms with Crippen LogP contribution in [0.15, 0.2) is 0 Å². The zero-order valence-electron chi connectivity index (χ0n) is 12.9. The predicted molar refractivity (Wildman–Crippen MR) is 76.6 cm³/mol. The number of amides is 2. The highest BCUT2D eigenvalue weighted by atomic mass is 16.2. The Labute approximate surface area is 116 Å². The van der Waals surface area contributed by atoms with Crippen LogP contribution in [-0.2, 0) is 9.59 Å². The number of hydrogen-bond donors (Lipinski definition) is 1. The lowest BCUT2D eigenvalue weighted by Crippen LogP contribution is -2.46. The highest BCUT2D eigenvalue weighted by Gasteiger charge is 2.31. The number of nitrogens with one attached hydrogen (secondary N) is 1. The Hall–Kier alpha value is -1.06. The first-order valence-corrected chi connectivity index (χ1v) is 7.44. The molecule has 1 aliphatic rings. The highest BCUT2D eigenvalue weighted by Crippen LogP contribution is 2.23. The van der Waals surface area contributed by atoms with Crippen LogP contribution in [0.1, 0.15) is 47.5 Å². The molecule has 0 aromatic rings. The van der Waals surface area contributed by atoms with Gasteiger partial charge in [-0.1, -0.05) is 34.6 Å². The van der Waals surface area contributed by atoms with Crippen molar-refractivity contribution in [1.29, 1.82) is 0 Å². The summed E-state index contributed by atoms with van der Waals surface area (Å²) in [5.41, 5.74) is 0. The maximum absolute atomic E-state index is 12.4. The van der Waals surface area contributed by atoms with Crippen molar-refractivity contribution in [2.24, 2.45) is 17.8 Å². The fourth-order valence-electron chi connectivity index (χ4n) is 2.80. The zero-order valence-corrected chi connectivity index (χ0v) is 12.9. The molecule has 19 heavy (non-hydrogen) atoms. The summed E-state index contributed by atoms with van der Waals surface area (Å²) in [6.07, 6.45) is 1.08. The van der Waals surface area contributed by atoms with Crippen LogP contribution in [0.2, 0.25) is 0 Å². The van der Waals surface area contributed by atoms with Gasteiger partial charge in [-0.05, 0) is 24.2 Å². The minimum atomic E-state index is -0.338. The summed E-state index contributed by atoms with van der Waals surface area (Å²) in [6.45, 7) is 12.1. The van der Waals surface area contributed by atoms with Gasteiger partial charge in [-0.15, -0.1) is 0 Å². The summed E-state index contributed by atoms with van der Waals surface area (Å²) in [5.74, 6) is 1.64. The molecule has 4 heteroatoms. The van der Waals surface area contributed by atoms with Crippen molar-refractivity contribution in [2.75, 3.05) is 13.1 Å². The van der Waals surface area contributed by atoms with Crippen LogP contribution in [0.25, 0.3) is 0 Å². The van der Waals surface area contributed by atoms with E-state index in [9.17, 15) is 9.59 Å². The number of nitrogens with zero attached hydrogens (tertiary/aromatic N) is 1. The van der Waals surface area contributed by atoms with E-state index in [0.717, 1.165) is 6.54 Å². The van der Waals surface area contributed by atoms with Gasteiger partial charge >= 0.3 is 0 Å². The van der Waals surface area contributed by atoms with E-state index in [4.69, 9.17) is 0 Å². The van der Waals surface area contributed by atoms with Gasteiger partial charge in [-0.25, -0.2) is 0 Å². The average molecular weight is 268 g/mol. The molecule has 1 aliphatic heterocycles. The average Bonchev–Trinajstić information content (AvgIpc) is 2.46. The van der Waals surface area contributed by atoms with Gasteiger partial charge in [0.05, 0.1) is 0 Å². The van der Waals surface area contributed by atoms with Crippen molar-refractivity contribution >= 4 is 11.8 Å². The molecule has 1 heterocycles. The summed E-state index contributed by atoms with van der Waals surface area (Å²) in [5, 5.41) is 2.81. The van der Waals surface area contributed by atoms with Gasteiger partial charge < -0.3 is 10.2 Å². The van der Waals surface area contributed by atoms with Gasteiger partial charge in [0.15, 0.2) is 0 Å². The molecule has 0 radical (unpaired) electrons. The minimum absolute atomic E-state index is 0.00616. The molecule has 1 saturated heterocycles. The molecular formula is C15H28N2O2. The van der Waals surface area contributed by atoms with Crippen LogP contribution in [-0.4, -0.2) is 35.8 Å². The van der Waals surface area contributed by atoms with Crippen molar-refractivity contribution in [2.45, 2.75) is 53.5 Å². The van der Waals surface area contributed by atoms with Crippen LogP contribution in [0.3, 0.4) is 0 Å². The molecule has 1 unspecified atom stereocenters. The summed E-state index contributed by atoms with van der Waals surface area (Å²) in [4.78, 5) is 25.9. The number of carbonyl (C=O) groups excluding carboxylic acids is 2. The Morgan fingerprint density at radius 3 is 2.26 bits per heavy atom. The molecule has 0 spiro atoms. The molecule has 0 aromatic heterocycles. The molecule has 1 N–H and O–H groups in total. The highest BCUT2D eigenvalue weighted by molar-refractivity contribution is 5.89. The molecule has 0 aliphatic carbocycles. The fraction of sp³-hybridized carbons (Fsp3) is 0.867. The van der Waals surface area contributed by atoms with Crippen molar-refractivity contribution in [3.8, 4) is 0 Å². The first-order chi connectivity index (χ1) is 8.86. The molecule has 1 atom stereocenters. The lowest BCUT2D eigenvalue weighted by Gasteiger charge is -2.32. The third-order valence-corrected chi connectivity index (χ3v) is 4.11. The maximum Gasteiger partial charge on any atom is 0.245 e. The lowest BCUT2D eigenvalue weighted by atomic mass is 9.85. The number of hydrogen-bond acceptors (Lipinski definition) is 2. The molecule has 0 saturated carbocycles. The van der Waals surface area contributed by atoms with E-state index < -0.39 is 0 Å². The number of rotatable bonds is 5. The van der Waals surface area contributed by atoms with Gasteiger partial charge in [-0.2, -0.15) is 0 Å². The topological polar surface area (TPSA) is 49.4 Å². The second-order valence-corrected chi connectivity index (χ2v) is 6.21. The molecule has 2 amide bonds. The minimum Gasteiger partial charge on any atom is -0.344 e. The summed E-state index contributed by atoms with van der Waals surface area (Å²) in [7, 11) is 0. The first-order valence-electron chi connectivity index (χ1n) is 7.44. The van der Waals surface area contributed by atoms with Crippen LogP contribution in [0.5, 0.6) is 0 Å². The van der Waals surface area contributed by atoms with Gasteiger partial charge in [0, 0.05) is 19.5 Å². The van der Waals surface area contributed by atoms with Crippen molar-refractivity contribution < 1.29 is 9.59 Å². The normalized spacial score (nSPS) is 21.3. The smallest absolute Gasteiger partial charge is 0.245 e. The standard InChI is InChI=1S/C15H28N2O2/c1-6-13-15(19)17(8-7-14(18)16-13)9-12(10(2)3)11(4)5/h10-13H,6-9H2,1-5H3,(H,16,18). The Morgan fingerprint density at radius 1 is 1.21 bits per heavy atom. The predicted octanol–water partition coefficient (Wildman–Crippen LogP) is 2.04. The molecular weight excluding hydrogens is 240 g/mol. The van der Waals surface area contributed by atoms with Crippen molar-refractivity contribution in [3.63, 3.8) is 0 Å². The Balaban J connectivity index is 2.79. The van der Waals surface area contributed by atoms with E-state index in [0.29, 0.717) is 37.1 Å². The molecule has 1 fully saturated rings.